The van der Waals surface area contributed by atoms with Gasteiger partial charge in [0.2, 0.25) is 0 Å². The molecule has 1 unspecified atom stereocenters. The molecule has 3 heteroatoms. The molecule has 2 N–H and O–H groups in total. The molecule has 0 aromatic heterocycles. The molecule has 0 aliphatic carbocycles. The lowest BCUT2D eigenvalue weighted by molar-refractivity contribution is 0.196. The number of rotatable bonds is 5. The van der Waals surface area contributed by atoms with Gasteiger partial charge in [-0.3, -0.25) is 0 Å². The molecule has 1 heterocycles. The number of nitrogens with one attached hydrogen (secondary N) is 2. The molecule has 0 bridgehead atoms. The molecule has 72 valence electrons. The molecule has 1 fully saturated rings. The van der Waals surface area contributed by atoms with Crippen LogP contribution in [0.1, 0.15) is 19.8 Å². The van der Waals surface area contributed by atoms with Crippen LogP contribution < -0.4 is 10.6 Å². The Bertz CT molecular complexity index is 122. The predicted molar refractivity (Wildman–Crippen MR) is 50.4 cm³/mol. The minimum absolute atomic E-state index is 0.327. The normalized spacial score (nSPS) is 29.5. The lowest BCUT2D eigenvalue weighted by Gasteiger charge is -2.24. The quantitative estimate of drug-likeness (QED) is 0.588. The van der Waals surface area contributed by atoms with Gasteiger partial charge in [0.25, 0.3) is 0 Å². The topological polar surface area (TPSA) is 33.3 Å². The summed E-state index contributed by atoms with van der Waals surface area (Å²) in [5, 5.41) is 6.89. The van der Waals surface area contributed by atoms with Crippen molar-refractivity contribution in [2.45, 2.75) is 25.3 Å². The van der Waals surface area contributed by atoms with Crippen molar-refractivity contribution in [1.29, 1.82) is 0 Å². The lowest BCUT2D eigenvalue weighted by atomic mass is 10.0. The zero-order valence-corrected chi connectivity index (χ0v) is 8.15. The molecule has 1 saturated heterocycles. The van der Waals surface area contributed by atoms with Gasteiger partial charge in [0.05, 0.1) is 6.61 Å². The Morgan fingerprint density at radius 3 is 3.00 bits per heavy atom. The fourth-order valence-corrected chi connectivity index (χ4v) is 1.65. The van der Waals surface area contributed by atoms with Crippen molar-refractivity contribution in [2.75, 3.05) is 33.4 Å². The zero-order valence-electron chi connectivity index (χ0n) is 8.15. The molecule has 0 radical (unpaired) electrons. The molecular weight excluding hydrogens is 152 g/mol. The van der Waals surface area contributed by atoms with Crippen LogP contribution in [0.3, 0.4) is 0 Å². The van der Waals surface area contributed by atoms with Crippen LogP contribution >= 0.6 is 0 Å². The van der Waals surface area contributed by atoms with Crippen molar-refractivity contribution in [2.24, 2.45) is 0 Å². The monoisotopic (exact) mass is 172 g/mol. The zero-order chi connectivity index (χ0) is 8.86. The van der Waals surface area contributed by atoms with Gasteiger partial charge in [0, 0.05) is 25.7 Å². The molecule has 0 spiro atoms. The van der Waals surface area contributed by atoms with E-state index in [-0.39, 0.29) is 0 Å². The third-order valence-electron chi connectivity index (χ3n) is 2.46. The summed E-state index contributed by atoms with van der Waals surface area (Å²) >= 11 is 0. The van der Waals surface area contributed by atoms with Crippen LogP contribution in [0.4, 0.5) is 0 Å². The summed E-state index contributed by atoms with van der Waals surface area (Å²) in [6.45, 7) is 6.25. The van der Waals surface area contributed by atoms with Crippen LogP contribution in [0.15, 0.2) is 0 Å². The predicted octanol–water partition coefficient (Wildman–Crippen LogP) is 0.364. The number of methoxy groups -OCH3 is 1. The van der Waals surface area contributed by atoms with Crippen molar-refractivity contribution >= 4 is 0 Å². The first-order valence-electron chi connectivity index (χ1n) is 4.71. The highest BCUT2D eigenvalue weighted by molar-refractivity contribution is 4.90. The second kappa shape index (κ2) is 4.80. The van der Waals surface area contributed by atoms with E-state index >= 15 is 0 Å². The van der Waals surface area contributed by atoms with Gasteiger partial charge >= 0.3 is 0 Å². The smallest absolute Gasteiger partial charge is 0.0587 e. The number of hydrogen-bond donors (Lipinski definition) is 2. The Balaban J connectivity index is 2.05. The molecule has 1 atom stereocenters. The van der Waals surface area contributed by atoms with E-state index in [1.807, 2.05) is 0 Å². The van der Waals surface area contributed by atoms with Gasteiger partial charge in [-0.15, -0.1) is 0 Å². The Morgan fingerprint density at radius 2 is 2.42 bits per heavy atom. The molecular formula is C9H20N2O. The second-order valence-electron chi connectivity index (χ2n) is 3.76. The van der Waals surface area contributed by atoms with Crippen molar-refractivity contribution in [3.63, 3.8) is 0 Å². The first-order valence-corrected chi connectivity index (χ1v) is 4.71. The van der Waals surface area contributed by atoms with Gasteiger partial charge in [-0.2, -0.15) is 0 Å². The van der Waals surface area contributed by atoms with Gasteiger partial charge in [0.1, 0.15) is 0 Å². The highest BCUT2D eigenvalue weighted by Crippen LogP contribution is 2.16. The summed E-state index contributed by atoms with van der Waals surface area (Å²) in [6, 6.07) is 0. The second-order valence-corrected chi connectivity index (χ2v) is 3.76. The van der Waals surface area contributed by atoms with E-state index in [0.717, 1.165) is 19.7 Å². The molecule has 12 heavy (non-hydrogen) atoms. The SMILES string of the molecule is COCCNCC1(C)CCCN1. The van der Waals surface area contributed by atoms with E-state index in [0.29, 0.717) is 5.54 Å². The van der Waals surface area contributed by atoms with Crippen molar-refractivity contribution in [3.05, 3.63) is 0 Å². The van der Waals surface area contributed by atoms with Crippen LogP contribution in [0.2, 0.25) is 0 Å². The first kappa shape index (κ1) is 9.96. The average Bonchev–Trinajstić information content (AvgIpc) is 2.47. The van der Waals surface area contributed by atoms with Crippen molar-refractivity contribution in [1.82, 2.24) is 10.6 Å². The summed E-state index contributed by atoms with van der Waals surface area (Å²) in [6.07, 6.45) is 2.59. The number of ether oxygens (including phenoxy) is 1. The first-order chi connectivity index (χ1) is 5.77. The molecule has 1 aliphatic heterocycles. The summed E-state index contributed by atoms with van der Waals surface area (Å²) < 4.78 is 4.96. The molecule has 0 aromatic carbocycles. The Hall–Kier alpha value is -0.120. The van der Waals surface area contributed by atoms with Gasteiger partial charge in [0.15, 0.2) is 0 Å². The third kappa shape index (κ3) is 3.09. The summed E-state index contributed by atoms with van der Waals surface area (Å²) in [5.74, 6) is 0. The molecule has 1 aliphatic rings. The average molecular weight is 172 g/mol. The maximum Gasteiger partial charge on any atom is 0.0587 e. The van der Waals surface area contributed by atoms with Crippen LogP contribution in [0.5, 0.6) is 0 Å². The number of hydrogen-bond acceptors (Lipinski definition) is 3. The standard InChI is InChI=1S/C9H20N2O/c1-9(4-3-5-11-9)8-10-6-7-12-2/h10-11H,3-8H2,1-2H3. The summed E-state index contributed by atoms with van der Waals surface area (Å²) in [5.41, 5.74) is 0.327. The van der Waals surface area contributed by atoms with Gasteiger partial charge in [-0.05, 0) is 26.3 Å². The molecule has 3 nitrogen and oxygen atoms in total. The van der Waals surface area contributed by atoms with Gasteiger partial charge in [-0.1, -0.05) is 0 Å². The fourth-order valence-electron chi connectivity index (χ4n) is 1.65. The third-order valence-corrected chi connectivity index (χ3v) is 2.46. The Labute approximate surface area is 74.9 Å². The van der Waals surface area contributed by atoms with E-state index in [4.69, 9.17) is 4.74 Å². The Kier molecular flexibility index (Phi) is 3.98. The maximum atomic E-state index is 4.96. The van der Waals surface area contributed by atoms with Crippen LogP contribution in [-0.4, -0.2) is 38.9 Å². The van der Waals surface area contributed by atoms with E-state index < -0.39 is 0 Å². The largest absolute Gasteiger partial charge is 0.383 e. The van der Waals surface area contributed by atoms with Crippen LogP contribution in [-0.2, 0) is 4.74 Å². The highest BCUT2D eigenvalue weighted by atomic mass is 16.5. The van der Waals surface area contributed by atoms with Crippen molar-refractivity contribution < 1.29 is 4.74 Å². The minimum Gasteiger partial charge on any atom is -0.383 e. The van der Waals surface area contributed by atoms with E-state index in [1.165, 1.54) is 19.4 Å². The maximum absolute atomic E-state index is 4.96. The molecule has 0 amide bonds. The minimum atomic E-state index is 0.327. The van der Waals surface area contributed by atoms with Crippen LogP contribution in [0, 0.1) is 0 Å². The van der Waals surface area contributed by atoms with Gasteiger partial charge < -0.3 is 15.4 Å². The molecule has 0 saturated carbocycles. The van der Waals surface area contributed by atoms with E-state index in [9.17, 15) is 0 Å². The fraction of sp³-hybridized carbons (Fsp3) is 1.00. The molecule has 1 rings (SSSR count). The van der Waals surface area contributed by atoms with Crippen LogP contribution in [0.25, 0.3) is 0 Å². The molecule has 0 aromatic rings. The van der Waals surface area contributed by atoms with Gasteiger partial charge in [-0.25, -0.2) is 0 Å². The van der Waals surface area contributed by atoms with E-state index in [2.05, 4.69) is 17.6 Å². The summed E-state index contributed by atoms with van der Waals surface area (Å²) in [7, 11) is 1.73. The lowest BCUT2D eigenvalue weighted by Crippen LogP contribution is -2.46. The summed E-state index contributed by atoms with van der Waals surface area (Å²) in [4.78, 5) is 0. The highest BCUT2D eigenvalue weighted by Gasteiger charge is 2.26. The Morgan fingerprint density at radius 1 is 1.58 bits per heavy atom. The van der Waals surface area contributed by atoms with Crippen molar-refractivity contribution in [3.8, 4) is 0 Å². The van der Waals surface area contributed by atoms with E-state index in [1.54, 1.807) is 7.11 Å².